The van der Waals surface area contributed by atoms with Crippen LogP contribution in [0.1, 0.15) is 16.1 Å². The zero-order valence-corrected chi connectivity index (χ0v) is 8.06. The molecule has 0 aromatic carbocycles. The summed E-state index contributed by atoms with van der Waals surface area (Å²) in [5, 5.41) is 8.81. The van der Waals surface area contributed by atoms with Crippen molar-refractivity contribution in [1.82, 2.24) is 4.90 Å². The quantitative estimate of drug-likeness (QED) is 0.754. The van der Waals surface area contributed by atoms with Gasteiger partial charge in [-0.1, -0.05) is 0 Å². The summed E-state index contributed by atoms with van der Waals surface area (Å²) >= 11 is 0. The SMILES string of the molecule is Cc1occc1C(=O)N1CC(CO)C1. The second kappa shape index (κ2) is 3.46. The number of amides is 1. The lowest BCUT2D eigenvalue weighted by Gasteiger charge is -2.38. The normalized spacial score (nSPS) is 16.9. The van der Waals surface area contributed by atoms with Crippen molar-refractivity contribution < 1.29 is 14.3 Å². The molecule has 1 saturated heterocycles. The van der Waals surface area contributed by atoms with Crippen LogP contribution in [0, 0.1) is 12.8 Å². The van der Waals surface area contributed by atoms with Crippen LogP contribution in [-0.2, 0) is 0 Å². The fraction of sp³-hybridized carbons (Fsp3) is 0.500. The fourth-order valence-electron chi connectivity index (χ4n) is 1.63. The fourth-order valence-corrected chi connectivity index (χ4v) is 1.63. The molecule has 1 aromatic rings. The summed E-state index contributed by atoms with van der Waals surface area (Å²) in [4.78, 5) is 13.5. The molecule has 0 radical (unpaired) electrons. The predicted octanol–water partition coefficient (Wildman–Crippen LogP) is 0.652. The van der Waals surface area contributed by atoms with Crippen LogP contribution in [0.15, 0.2) is 16.7 Å². The van der Waals surface area contributed by atoms with E-state index in [1.807, 2.05) is 0 Å². The number of hydrogen-bond donors (Lipinski definition) is 1. The molecule has 1 amide bonds. The van der Waals surface area contributed by atoms with Gasteiger partial charge in [-0.05, 0) is 13.0 Å². The second-order valence-electron chi connectivity index (χ2n) is 3.65. The Bertz CT molecular complexity index is 339. The summed E-state index contributed by atoms with van der Waals surface area (Å²) < 4.78 is 5.06. The zero-order chi connectivity index (χ0) is 10.1. The van der Waals surface area contributed by atoms with Crippen LogP contribution in [0.3, 0.4) is 0 Å². The Kier molecular flexibility index (Phi) is 2.29. The third kappa shape index (κ3) is 1.42. The summed E-state index contributed by atoms with van der Waals surface area (Å²) in [5.74, 6) is 0.912. The molecule has 2 rings (SSSR count). The maximum absolute atomic E-state index is 11.8. The van der Waals surface area contributed by atoms with Crippen LogP contribution in [0.5, 0.6) is 0 Å². The number of carbonyl (C=O) groups excluding carboxylic acids is 1. The lowest BCUT2D eigenvalue weighted by molar-refractivity contribution is 0.0360. The van der Waals surface area contributed by atoms with E-state index in [2.05, 4.69) is 0 Å². The van der Waals surface area contributed by atoms with Gasteiger partial charge >= 0.3 is 0 Å². The number of carbonyl (C=O) groups is 1. The summed E-state index contributed by atoms with van der Waals surface area (Å²) in [6.07, 6.45) is 1.52. The van der Waals surface area contributed by atoms with E-state index in [1.54, 1.807) is 17.9 Å². The lowest BCUT2D eigenvalue weighted by atomic mass is 10.0. The van der Waals surface area contributed by atoms with Gasteiger partial charge in [0.15, 0.2) is 0 Å². The van der Waals surface area contributed by atoms with E-state index in [4.69, 9.17) is 9.52 Å². The molecule has 1 N–H and O–H groups in total. The molecule has 2 heterocycles. The molecule has 0 aliphatic carbocycles. The van der Waals surface area contributed by atoms with E-state index < -0.39 is 0 Å². The van der Waals surface area contributed by atoms with Gasteiger partial charge < -0.3 is 14.4 Å². The molecule has 1 aliphatic rings. The molecular formula is C10H13NO3. The van der Waals surface area contributed by atoms with Gasteiger partial charge in [0.05, 0.1) is 11.8 Å². The van der Waals surface area contributed by atoms with E-state index in [1.165, 1.54) is 6.26 Å². The Morgan fingerprint density at radius 1 is 1.71 bits per heavy atom. The largest absolute Gasteiger partial charge is 0.469 e. The number of aliphatic hydroxyl groups is 1. The van der Waals surface area contributed by atoms with Gasteiger partial charge in [-0.2, -0.15) is 0 Å². The van der Waals surface area contributed by atoms with E-state index >= 15 is 0 Å². The molecule has 0 unspecified atom stereocenters. The number of likely N-dealkylation sites (tertiary alicyclic amines) is 1. The summed E-state index contributed by atoms with van der Waals surface area (Å²) in [7, 11) is 0. The first-order valence-corrected chi connectivity index (χ1v) is 4.66. The van der Waals surface area contributed by atoms with Crippen LogP contribution in [-0.4, -0.2) is 35.6 Å². The van der Waals surface area contributed by atoms with Gasteiger partial charge in [0, 0.05) is 25.6 Å². The van der Waals surface area contributed by atoms with Gasteiger partial charge in [0.25, 0.3) is 5.91 Å². The van der Waals surface area contributed by atoms with Crippen LogP contribution >= 0.6 is 0 Å². The second-order valence-corrected chi connectivity index (χ2v) is 3.65. The van der Waals surface area contributed by atoms with Gasteiger partial charge in [-0.3, -0.25) is 4.79 Å². The van der Waals surface area contributed by atoms with Crippen LogP contribution in [0.4, 0.5) is 0 Å². The van der Waals surface area contributed by atoms with Crippen molar-refractivity contribution in [2.24, 2.45) is 5.92 Å². The van der Waals surface area contributed by atoms with Crippen molar-refractivity contribution in [3.8, 4) is 0 Å². The molecule has 4 nitrogen and oxygen atoms in total. The molecular weight excluding hydrogens is 182 g/mol. The standard InChI is InChI=1S/C10H13NO3/c1-7-9(2-3-14-7)10(13)11-4-8(5-11)6-12/h2-3,8,12H,4-6H2,1H3. The average molecular weight is 195 g/mol. The number of aliphatic hydroxyl groups excluding tert-OH is 1. The van der Waals surface area contributed by atoms with Crippen LogP contribution < -0.4 is 0 Å². The van der Waals surface area contributed by atoms with Crippen molar-refractivity contribution in [3.63, 3.8) is 0 Å². The minimum atomic E-state index is 0.000880. The number of hydrogen-bond acceptors (Lipinski definition) is 3. The maximum Gasteiger partial charge on any atom is 0.257 e. The van der Waals surface area contributed by atoms with Crippen LogP contribution in [0.25, 0.3) is 0 Å². The first-order chi connectivity index (χ1) is 6.72. The van der Waals surface area contributed by atoms with Crippen molar-refractivity contribution in [2.75, 3.05) is 19.7 Å². The van der Waals surface area contributed by atoms with Crippen molar-refractivity contribution in [1.29, 1.82) is 0 Å². The molecule has 76 valence electrons. The molecule has 1 fully saturated rings. The first kappa shape index (κ1) is 9.27. The highest BCUT2D eigenvalue weighted by atomic mass is 16.3. The number of rotatable bonds is 2. The molecule has 1 aromatic heterocycles. The molecule has 0 spiro atoms. The molecule has 0 saturated carbocycles. The monoisotopic (exact) mass is 195 g/mol. The molecule has 4 heteroatoms. The van der Waals surface area contributed by atoms with Crippen LogP contribution in [0.2, 0.25) is 0 Å². The Hall–Kier alpha value is -1.29. The van der Waals surface area contributed by atoms with E-state index in [-0.39, 0.29) is 18.4 Å². The van der Waals surface area contributed by atoms with Gasteiger partial charge in [0.2, 0.25) is 0 Å². The summed E-state index contributed by atoms with van der Waals surface area (Å²) in [6, 6.07) is 1.68. The molecule has 1 aliphatic heterocycles. The van der Waals surface area contributed by atoms with Gasteiger partial charge in [-0.15, -0.1) is 0 Å². The minimum absolute atomic E-state index is 0.000880. The summed E-state index contributed by atoms with van der Waals surface area (Å²) in [6.45, 7) is 3.24. The molecule has 14 heavy (non-hydrogen) atoms. The van der Waals surface area contributed by atoms with E-state index in [0.717, 1.165) is 0 Å². The Balaban J connectivity index is 2.01. The highest BCUT2D eigenvalue weighted by Crippen LogP contribution is 2.20. The van der Waals surface area contributed by atoms with Crippen molar-refractivity contribution in [3.05, 3.63) is 23.7 Å². The first-order valence-electron chi connectivity index (χ1n) is 4.66. The number of aryl methyl sites for hydroxylation is 1. The van der Waals surface area contributed by atoms with E-state index in [9.17, 15) is 4.79 Å². The maximum atomic E-state index is 11.8. The molecule has 0 bridgehead atoms. The van der Waals surface area contributed by atoms with Crippen molar-refractivity contribution in [2.45, 2.75) is 6.92 Å². The highest BCUT2D eigenvalue weighted by molar-refractivity contribution is 5.95. The zero-order valence-electron chi connectivity index (χ0n) is 8.06. The third-order valence-corrected chi connectivity index (χ3v) is 2.59. The smallest absolute Gasteiger partial charge is 0.257 e. The van der Waals surface area contributed by atoms with Crippen molar-refractivity contribution >= 4 is 5.91 Å². The molecule has 0 atom stereocenters. The van der Waals surface area contributed by atoms with E-state index in [0.29, 0.717) is 24.4 Å². The summed E-state index contributed by atoms with van der Waals surface area (Å²) in [5.41, 5.74) is 0.626. The Labute approximate surface area is 82.1 Å². The minimum Gasteiger partial charge on any atom is -0.469 e. The Morgan fingerprint density at radius 2 is 2.43 bits per heavy atom. The lowest BCUT2D eigenvalue weighted by Crippen LogP contribution is -2.51. The topological polar surface area (TPSA) is 53.7 Å². The van der Waals surface area contributed by atoms with Gasteiger partial charge in [0.1, 0.15) is 5.76 Å². The average Bonchev–Trinajstić information content (AvgIpc) is 2.49. The number of nitrogens with zero attached hydrogens (tertiary/aromatic N) is 1. The number of furan rings is 1. The predicted molar refractivity (Wildman–Crippen MR) is 49.9 cm³/mol. The highest BCUT2D eigenvalue weighted by Gasteiger charge is 2.31. The van der Waals surface area contributed by atoms with Gasteiger partial charge in [-0.25, -0.2) is 0 Å². The third-order valence-electron chi connectivity index (χ3n) is 2.59. The Morgan fingerprint density at radius 3 is 2.93 bits per heavy atom.